The highest BCUT2D eigenvalue weighted by Gasteiger charge is 2.65. The zero-order valence-electron chi connectivity index (χ0n) is 11.2. The maximum atomic E-state index is 6.10. The maximum absolute atomic E-state index is 6.10. The molecule has 1 saturated carbocycles. The summed E-state index contributed by atoms with van der Waals surface area (Å²) in [5.74, 6) is 3.10. The van der Waals surface area contributed by atoms with E-state index in [4.69, 9.17) is 10.7 Å². The number of rotatable bonds is 1. The predicted octanol–water partition coefficient (Wildman–Crippen LogP) is 2.40. The quantitative estimate of drug-likeness (QED) is 0.439. The standard InChI is InChI=1S/C12H23N3S.HI/c1-11(2)9(12(11,3)4)14-10(13)15-5-7-16-8-6-15;/h9H,5-8H2,1-4H3,(H2,13,14);1H. The first kappa shape index (κ1) is 15.4. The van der Waals surface area contributed by atoms with E-state index < -0.39 is 0 Å². The lowest BCUT2D eigenvalue weighted by molar-refractivity contribution is 0.453. The average Bonchev–Trinajstić information content (AvgIpc) is 2.62. The Morgan fingerprint density at radius 2 is 1.65 bits per heavy atom. The summed E-state index contributed by atoms with van der Waals surface area (Å²) < 4.78 is 0. The predicted molar refractivity (Wildman–Crippen MR) is 87.3 cm³/mol. The highest BCUT2D eigenvalue weighted by Crippen LogP contribution is 2.64. The van der Waals surface area contributed by atoms with Gasteiger partial charge in [0.05, 0.1) is 6.04 Å². The Bertz CT molecular complexity index is 295. The molecule has 2 fully saturated rings. The van der Waals surface area contributed by atoms with Crippen molar-refractivity contribution in [1.82, 2.24) is 4.90 Å². The minimum atomic E-state index is 0. The molecule has 0 unspecified atom stereocenters. The van der Waals surface area contributed by atoms with Crippen LogP contribution in [0.3, 0.4) is 0 Å². The molecular formula is C12H24IN3S. The lowest BCUT2D eigenvalue weighted by Crippen LogP contribution is -2.43. The van der Waals surface area contributed by atoms with Gasteiger partial charge in [-0.15, -0.1) is 24.0 Å². The Kier molecular flexibility index (Phi) is 4.67. The van der Waals surface area contributed by atoms with Gasteiger partial charge < -0.3 is 10.6 Å². The molecule has 0 atom stereocenters. The van der Waals surface area contributed by atoms with Crippen molar-refractivity contribution in [3.05, 3.63) is 0 Å². The Morgan fingerprint density at radius 3 is 2.06 bits per heavy atom. The van der Waals surface area contributed by atoms with Crippen LogP contribution in [0.1, 0.15) is 27.7 Å². The van der Waals surface area contributed by atoms with Crippen molar-refractivity contribution < 1.29 is 0 Å². The molecule has 0 aromatic heterocycles. The molecule has 17 heavy (non-hydrogen) atoms. The van der Waals surface area contributed by atoms with Crippen molar-refractivity contribution in [2.75, 3.05) is 24.6 Å². The topological polar surface area (TPSA) is 41.6 Å². The molecule has 0 amide bonds. The van der Waals surface area contributed by atoms with Crippen molar-refractivity contribution in [1.29, 1.82) is 0 Å². The first-order valence-electron chi connectivity index (χ1n) is 6.03. The fourth-order valence-electron chi connectivity index (χ4n) is 2.49. The van der Waals surface area contributed by atoms with Gasteiger partial charge in [-0.05, 0) is 10.8 Å². The third kappa shape index (κ3) is 2.69. The fraction of sp³-hybridized carbons (Fsp3) is 0.917. The maximum Gasteiger partial charge on any atom is 0.191 e. The number of aliphatic imine (C=N–C) groups is 1. The molecule has 0 aromatic carbocycles. The van der Waals surface area contributed by atoms with Crippen molar-refractivity contribution >= 4 is 41.7 Å². The second-order valence-corrected chi connectivity index (χ2v) is 7.16. The normalized spacial score (nSPS) is 27.5. The minimum Gasteiger partial charge on any atom is -0.370 e. The van der Waals surface area contributed by atoms with Crippen LogP contribution in [-0.4, -0.2) is 41.5 Å². The second kappa shape index (κ2) is 5.15. The fourth-order valence-corrected chi connectivity index (χ4v) is 3.39. The summed E-state index contributed by atoms with van der Waals surface area (Å²) in [6.07, 6.45) is 0. The molecule has 1 heterocycles. The highest BCUT2D eigenvalue weighted by molar-refractivity contribution is 14.0. The van der Waals surface area contributed by atoms with Gasteiger partial charge in [0.15, 0.2) is 5.96 Å². The van der Waals surface area contributed by atoms with Gasteiger partial charge in [0, 0.05) is 24.6 Å². The van der Waals surface area contributed by atoms with E-state index in [0.717, 1.165) is 19.0 Å². The Morgan fingerprint density at radius 1 is 1.18 bits per heavy atom. The van der Waals surface area contributed by atoms with Crippen LogP contribution in [0.25, 0.3) is 0 Å². The van der Waals surface area contributed by atoms with Crippen molar-refractivity contribution in [3.63, 3.8) is 0 Å². The zero-order chi connectivity index (χ0) is 12.0. The molecule has 2 aliphatic rings. The van der Waals surface area contributed by atoms with E-state index >= 15 is 0 Å². The molecule has 0 aromatic rings. The summed E-state index contributed by atoms with van der Waals surface area (Å²) in [4.78, 5) is 6.95. The molecule has 0 bridgehead atoms. The smallest absolute Gasteiger partial charge is 0.191 e. The minimum absolute atomic E-state index is 0. The number of thioether (sulfide) groups is 1. The second-order valence-electron chi connectivity index (χ2n) is 5.93. The largest absolute Gasteiger partial charge is 0.370 e. The Hall–Kier alpha value is 0.350. The number of hydrogen-bond donors (Lipinski definition) is 1. The lowest BCUT2D eigenvalue weighted by atomic mass is 10.0. The van der Waals surface area contributed by atoms with Gasteiger partial charge in [-0.25, -0.2) is 4.99 Å². The number of nitrogens with zero attached hydrogens (tertiary/aromatic N) is 2. The van der Waals surface area contributed by atoms with Crippen LogP contribution in [0.5, 0.6) is 0 Å². The monoisotopic (exact) mass is 369 g/mol. The molecule has 3 nitrogen and oxygen atoms in total. The summed E-state index contributed by atoms with van der Waals surface area (Å²) in [5.41, 5.74) is 6.69. The van der Waals surface area contributed by atoms with Crippen molar-refractivity contribution in [2.24, 2.45) is 21.6 Å². The number of halogens is 1. The third-order valence-electron chi connectivity index (χ3n) is 4.54. The van der Waals surface area contributed by atoms with Crippen LogP contribution in [-0.2, 0) is 0 Å². The molecule has 1 saturated heterocycles. The Labute approximate surface area is 126 Å². The van der Waals surface area contributed by atoms with Gasteiger partial charge in [-0.3, -0.25) is 0 Å². The van der Waals surface area contributed by atoms with Crippen LogP contribution in [0.15, 0.2) is 4.99 Å². The van der Waals surface area contributed by atoms with Crippen LogP contribution in [0.2, 0.25) is 0 Å². The van der Waals surface area contributed by atoms with Crippen LogP contribution >= 0.6 is 35.7 Å². The van der Waals surface area contributed by atoms with Crippen molar-refractivity contribution in [3.8, 4) is 0 Å². The average molecular weight is 369 g/mol. The highest BCUT2D eigenvalue weighted by atomic mass is 127. The lowest BCUT2D eigenvalue weighted by Gasteiger charge is -2.27. The van der Waals surface area contributed by atoms with Crippen molar-refractivity contribution in [2.45, 2.75) is 33.7 Å². The zero-order valence-corrected chi connectivity index (χ0v) is 14.3. The van der Waals surface area contributed by atoms with E-state index in [1.165, 1.54) is 11.5 Å². The van der Waals surface area contributed by atoms with E-state index in [1.807, 2.05) is 11.8 Å². The van der Waals surface area contributed by atoms with Gasteiger partial charge in [-0.1, -0.05) is 27.7 Å². The first-order valence-corrected chi connectivity index (χ1v) is 7.19. The molecule has 1 aliphatic carbocycles. The van der Waals surface area contributed by atoms with E-state index in [2.05, 4.69) is 32.6 Å². The molecule has 5 heteroatoms. The van der Waals surface area contributed by atoms with E-state index in [1.54, 1.807) is 0 Å². The van der Waals surface area contributed by atoms with Crippen LogP contribution in [0, 0.1) is 10.8 Å². The van der Waals surface area contributed by atoms with E-state index in [0.29, 0.717) is 16.9 Å². The summed E-state index contributed by atoms with van der Waals surface area (Å²) >= 11 is 2.00. The molecular weight excluding hydrogens is 345 g/mol. The van der Waals surface area contributed by atoms with Gasteiger partial charge in [0.25, 0.3) is 0 Å². The van der Waals surface area contributed by atoms with E-state index in [-0.39, 0.29) is 24.0 Å². The molecule has 0 radical (unpaired) electrons. The van der Waals surface area contributed by atoms with Gasteiger partial charge in [-0.2, -0.15) is 11.8 Å². The van der Waals surface area contributed by atoms with Gasteiger partial charge >= 0.3 is 0 Å². The molecule has 2 rings (SSSR count). The van der Waals surface area contributed by atoms with E-state index in [9.17, 15) is 0 Å². The van der Waals surface area contributed by atoms with Gasteiger partial charge in [0.2, 0.25) is 0 Å². The molecule has 0 spiro atoms. The first-order chi connectivity index (χ1) is 7.37. The van der Waals surface area contributed by atoms with Gasteiger partial charge in [0.1, 0.15) is 0 Å². The molecule has 100 valence electrons. The molecule has 2 N–H and O–H groups in total. The van der Waals surface area contributed by atoms with Crippen LogP contribution in [0.4, 0.5) is 0 Å². The Balaban J connectivity index is 0.00000144. The summed E-state index contributed by atoms with van der Waals surface area (Å²) in [7, 11) is 0. The summed E-state index contributed by atoms with van der Waals surface area (Å²) in [5, 5.41) is 0. The van der Waals surface area contributed by atoms with Crippen LogP contribution < -0.4 is 5.73 Å². The number of nitrogens with two attached hydrogens (primary N) is 1. The summed E-state index contributed by atoms with van der Waals surface area (Å²) in [6.45, 7) is 11.2. The molecule has 1 aliphatic heterocycles. The number of guanidine groups is 1. The number of hydrogen-bond acceptors (Lipinski definition) is 2. The third-order valence-corrected chi connectivity index (χ3v) is 5.48. The summed E-state index contributed by atoms with van der Waals surface area (Å²) in [6, 6.07) is 0.384. The SMILES string of the molecule is CC1(C)C(N=C(N)N2CCSCC2)C1(C)C.I.